The Balaban J connectivity index is 1.56. The first kappa shape index (κ1) is 18.8. The molecule has 3 rings (SSSR count). The molecule has 0 saturated carbocycles. The highest BCUT2D eigenvalue weighted by Gasteiger charge is 2.28. The summed E-state index contributed by atoms with van der Waals surface area (Å²) in [6, 6.07) is 0. The molecule has 7 heteroatoms. The summed E-state index contributed by atoms with van der Waals surface area (Å²) in [6.45, 7) is 13.0. The number of thiazole rings is 1. The number of nitrogens with zero attached hydrogens (tertiary/aromatic N) is 4. The summed E-state index contributed by atoms with van der Waals surface area (Å²) < 4.78 is 0.300. The average molecular weight is 382 g/mol. The van der Waals surface area contributed by atoms with Gasteiger partial charge < -0.3 is 15.1 Å². The number of hydrogen-bond acceptors (Lipinski definition) is 5. The summed E-state index contributed by atoms with van der Waals surface area (Å²) in [6.07, 6.45) is 3.52. The molecule has 2 aliphatic heterocycles. The van der Waals surface area contributed by atoms with Crippen molar-refractivity contribution in [1.82, 2.24) is 15.2 Å². The molecule has 3 heterocycles. The van der Waals surface area contributed by atoms with Crippen LogP contribution < -0.4 is 10.2 Å². The van der Waals surface area contributed by atoms with Gasteiger partial charge in [-0.05, 0) is 33.6 Å². The first-order chi connectivity index (χ1) is 12.1. The van der Waals surface area contributed by atoms with Crippen molar-refractivity contribution < 1.29 is 0 Å². The molecule has 0 atom stereocenters. The van der Waals surface area contributed by atoms with Gasteiger partial charge in [-0.25, -0.2) is 4.98 Å². The molecule has 0 aliphatic carbocycles. The van der Waals surface area contributed by atoms with E-state index in [1.54, 1.807) is 11.3 Å². The molecule has 2 saturated heterocycles. The predicted molar refractivity (Wildman–Crippen MR) is 111 cm³/mol. The minimum atomic E-state index is 0.300. The second-order valence-corrected chi connectivity index (χ2v) is 9.97. The smallest absolute Gasteiger partial charge is 0.193 e. The summed E-state index contributed by atoms with van der Waals surface area (Å²) in [4.78, 5) is 14.5. The monoisotopic (exact) mass is 381 g/mol. The van der Waals surface area contributed by atoms with Crippen LogP contribution in [0.1, 0.15) is 39.3 Å². The highest BCUT2D eigenvalue weighted by Crippen LogP contribution is 2.29. The molecule has 0 radical (unpaired) electrons. The number of thioether (sulfide) groups is 1. The molecule has 1 aromatic rings. The summed E-state index contributed by atoms with van der Waals surface area (Å²) in [5, 5.41) is 6.86. The maximum Gasteiger partial charge on any atom is 0.193 e. The van der Waals surface area contributed by atoms with Gasteiger partial charge in [0.05, 0.1) is 5.69 Å². The Morgan fingerprint density at radius 1 is 1.32 bits per heavy atom. The summed E-state index contributed by atoms with van der Waals surface area (Å²) in [5.74, 6) is 2.23. The van der Waals surface area contributed by atoms with Gasteiger partial charge in [-0.2, -0.15) is 11.8 Å². The normalized spacial score (nSPS) is 21.0. The Labute approximate surface area is 160 Å². The number of aromatic nitrogens is 1. The van der Waals surface area contributed by atoms with Gasteiger partial charge in [0.2, 0.25) is 0 Å². The lowest BCUT2D eigenvalue weighted by Gasteiger charge is -2.39. The molecule has 140 valence electrons. The fraction of sp³-hybridized carbons (Fsp3) is 0.778. The van der Waals surface area contributed by atoms with Crippen LogP contribution >= 0.6 is 23.1 Å². The molecule has 1 N–H and O–H groups in total. The Morgan fingerprint density at radius 3 is 2.84 bits per heavy atom. The van der Waals surface area contributed by atoms with Gasteiger partial charge in [0.1, 0.15) is 0 Å². The van der Waals surface area contributed by atoms with Crippen LogP contribution in [-0.2, 0) is 6.42 Å². The van der Waals surface area contributed by atoms with E-state index < -0.39 is 0 Å². The molecule has 2 aliphatic rings. The Kier molecular flexibility index (Phi) is 6.49. The maximum absolute atomic E-state index is 4.88. The molecule has 25 heavy (non-hydrogen) atoms. The lowest BCUT2D eigenvalue weighted by molar-refractivity contribution is 0.376. The highest BCUT2D eigenvalue weighted by molar-refractivity contribution is 8.00. The van der Waals surface area contributed by atoms with Crippen LogP contribution in [0.5, 0.6) is 0 Å². The van der Waals surface area contributed by atoms with E-state index in [4.69, 9.17) is 9.98 Å². The van der Waals surface area contributed by atoms with E-state index >= 15 is 0 Å². The molecule has 0 bridgehead atoms. The first-order valence-corrected chi connectivity index (χ1v) is 11.3. The zero-order valence-corrected chi connectivity index (χ0v) is 17.4. The standard InChI is InChI=1S/C18H31N5S2/c1-4-19-16(23-11-12-25-18(2,3)14-23)20-8-7-15-13-24-17(21-15)22-9-5-6-10-22/h13H,4-12,14H2,1-3H3,(H,19,20). The van der Waals surface area contributed by atoms with Crippen LogP contribution in [0.4, 0.5) is 5.13 Å². The fourth-order valence-electron chi connectivity index (χ4n) is 3.36. The third-order valence-corrected chi connectivity index (χ3v) is 6.85. The minimum absolute atomic E-state index is 0.300. The second kappa shape index (κ2) is 8.62. The number of aliphatic imine (C=N–C) groups is 1. The third-order valence-electron chi connectivity index (χ3n) is 4.61. The van der Waals surface area contributed by atoms with Crippen LogP contribution in [0.25, 0.3) is 0 Å². The van der Waals surface area contributed by atoms with Gasteiger partial charge in [0.15, 0.2) is 11.1 Å². The lowest BCUT2D eigenvalue weighted by Crippen LogP contribution is -2.51. The highest BCUT2D eigenvalue weighted by atomic mass is 32.2. The van der Waals surface area contributed by atoms with E-state index in [0.29, 0.717) is 4.75 Å². The quantitative estimate of drug-likeness (QED) is 0.627. The Hall–Kier alpha value is -0.950. The number of guanidine groups is 1. The second-order valence-electron chi connectivity index (χ2n) is 7.33. The van der Waals surface area contributed by atoms with Crippen LogP contribution in [0.2, 0.25) is 0 Å². The SMILES string of the molecule is CCNC(=NCCc1csc(N2CCCC2)n1)N1CCSC(C)(C)C1. The van der Waals surface area contributed by atoms with Crippen molar-refractivity contribution in [2.75, 3.05) is 49.9 Å². The molecule has 2 fully saturated rings. The van der Waals surface area contributed by atoms with Gasteiger partial charge in [-0.1, -0.05) is 0 Å². The van der Waals surface area contributed by atoms with Crippen LogP contribution in [0, 0.1) is 0 Å². The van der Waals surface area contributed by atoms with Crippen LogP contribution in [-0.4, -0.2) is 65.6 Å². The topological polar surface area (TPSA) is 43.8 Å². The molecular formula is C18H31N5S2. The minimum Gasteiger partial charge on any atom is -0.357 e. The first-order valence-electron chi connectivity index (χ1n) is 9.44. The lowest BCUT2D eigenvalue weighted by atomic mass is 10.2. The summed E-state index contributed by atoms with van der Waals surface area (Å²) in [7, 11) is 0. The molecular weight excluding hydrogens is 350 g/mol. The van der Waals surface area contributed by atoms with E-state index in [1.165, 1.54) is 42.5 Å². The van der Waals surface area contributed by atoms with E-state index in [2.05, 4.69) is 53.0 Å². The van der Waals surface area contributed by atoms with Crippen LogP contribution in [0.3, 0.4) is 0 Å². The largest absolute Gasteiger partial charge is 0.357 e. The molecule has 0 aromatic carbocycles. The van der Waals surface area contributed by atoms with Crippen molar-refractivity contribution in [1.29, 1.82) is 0 Å². The van der Waals surface area contributed by atoms with Gasteiger partial charge >= 0.3 is 0 Å². The van der Waals surface area contributed by atoms with Crippen LogP contribution in [0.15, 0.2) is 10.4 Å². The van der Waals surface area contributed by atoms with Gasteiger partial charge in [-0.3, -0.25) is 4.99 Å². The maximum atomic E-state index is 4.88. The van der Waals surface area contributed by atoms with Crippen molar-refractivity contribution in [3.8, 4) is 0 Å². The zero-order valence-electron chi connectivity index (χ0n) is 15.8. The molecule has 0 amide bonds. The van der Waals surface area contributed by atoms with Crippen molar-refractivity contribution in [3.05, 3.63) is 11.1 Å². The van der Waals surface area contributed by atoms with Gasteiger partial charge in [-0.15, -0.1) is 11.3 Å². The van der Waals surface area contributed by atoms with Crippen molar-refractivity contribution in [2.45, 2.75) is 44.8 Å². The fourth-order valence-corrected chi connectivity index (χ4v) is 5.39. The molecule has 0 unspecified atom stereocenters. The van der Waals surface area contributed by atoms with Crippen molar-refractivity contribution >= 4 is 34.2 Å². The van der Waals surface area contributed by atoms with E-state index in [-0.39, 0.29) is 0 Å². The Morgan fingerprint density at radius 2 is 2.12 bits per heavy atom. The summed E-state index contributed by atoms with van der Waals surface area (Å²) in [5.41, 5.74) is 1.18. The zero-order chi connectivity index (χ0) is 17.7. The van der Waals surface area contributed by atoms with Gasteiger partial charge in [0.25, 0.3) is 0 Å². The number of rotatable bonds is 5. The molecule has 5 nitrogen and oxygen atoms in total. The van der Waals surface area contributed by atoms with E-state index in [1.807, 2.05) is 0 Å². The third kappa shape index (κ3) is 5.26. The number of nitrogens with one attached hydrogen (secondary N) is 1. The number of hydrogen-bond donors (Lipinski definition) is 1. The van der Waals surface area contributed by atoms with E-state index in [9.17, 15) is 0 Å². The van der Waals surface area contributed by atoms with Crippen molar-refractivity contribution in [3.63, 3.8) is 0 Å². The average Bonchev–Trinajstić information content (AvgIpc) is 3.24. The summed E-state index contributed by atoms with van der Waals surface area (Å²) >= 11 is 3.84. The Bertz CT molecular complexity index is 578. The predicted octanol–water partition coefficient (Wildman–Crippen LogP) is 3.08. The van der Waals surface area contributed by atoms with E-state index in [0.717, 1.165) is 38.6 Å². The molecule has 0 spiro atoms. The molecule has 1 aromatic heterocycles. The number of anilines is 1. The van der Waals surface area contributed by atoms with Gasteiger partial charge in [0, 0.05) is 61.6 Å². The van der Waals surface area contributed by atoms with Crippen molar-refractivity contribution in [2.24, 2.45) is 4.99 Å².